The number of imidazole rings is 1. The highest BCUT2D eigenvalue weighted by Gasteiger charge is 2.29. The van der Waals surface area contributed by atoms with Crippen LogP contribution in [0, 0.1) is 0 Å². The number of sulfonamides is 1. The van der Waals surface area contributed by atoms with Gasteiger partial charge in [-0.3, -0.25) is 0 Å². The Hall–Kier alpha value is -2.83. The molecule has 0 atom stereocenters. The number of hydrogen-bond acceptors (Lipinski definition) is 3. The van der Waals surface area contributed by atoms with Crippen molar-refractivity contribution >= 4 is 31.6 Å². The van der Waals surface area contributed by atoms with Crippen molar-refractivity contribution in [3.63, 3.8) is 0 Å². The summed E-state index contributed by atoms with van der Waals surface area (Å²) in [7, 11) is -3.14. The van der Waals surface area contributed by atoms with Gasteiger partial charge in [-0.05, 0) is 37.5 Å². The summed E-state index contributed by atoms with van der Waals surface area (Å²) in [5, 5.41) is 5.15. The summed E-state index contributed by atoms with van der Waals surface area (Å²) >= 11 is 0. The number of fused-ring (bicyclic) bond motifs is 2. The van der Waals surface area contributed by atoms with Crippen LogP contribution in [0.25, 0.3) is 21.5 Å². The molecule has 5 rings (SSSR count). The molecule has 33 heavy (non-hydrogen) atoms. The monoisotopic (exact) mass is 460 g/mol. The Labute approximate surface area is 195 Å². The van der Waals surface area contributed by atoms with E-state index in [1.165, 1.54) is 38.9 Å². The second-order valence-corrected chi connectivity index (χ2v) is 11.0. The molecule has 0 N–H and O–H groups in total. The van der Waals surface area contributed by atoms with Gasteiger partial charge in [0.05, 0.1) is 23.4 Å². The third-order valence-corrected chi connectivity index (χ3v) is 8.20. The minimum absolute atomic E-state index is 0.337. The molecule has 0 radical (unpaired) electrons. The van der Waals surface area contributed by atoms with E-state index in [1.807, 2.05) is 18.7 Å². The first-order valence-corrected chi connectivity index (χ1v) is 13.5. The van der Waals surface area contributed by atoms with Gasteiger partial charge in [-0.25, -0.2) is 17.7 Å². The standard InChI is InChI=1S/C27H30N3O2S/c1-33(31,32)30-16-12-21(13-17-30)27-25-10-3-2-7-23(25)19-22(24-9-4-5-11-26(24)27)8-6-15-29-18-14-28-20-29/h2-5,7,9-11,14,18-21H,6,8,12-13,15-17H2,1H3/q+1. The normalized spacial score (nSPS) is 15.9. The summed E-state index contributed by atoms with van der Waals surface area (Å²) < 4.78 is 27.9. The SMILES string of the molecule is CS(=O)(=O)N1CCC(c2c3ccccc3c(CCCn3ccnc3)c[c+]3ccccc23)CC1. The van der Waals surface area contributed by atoms with Gasteiger partial charge in [-0.2, -0.15) is 0 Å². The smallest absolute Gasteiger partial charge is 0.211 e. The molecule has 1 aromatic heterocycles. The van der Waals surface area contributed by atoms with Crippen LogP contribution >= 0.6 is 0 Å². The van der Waals surface area contributed by atoms with Crippen LogP contribution in [0.1, 0.15) is 36.3 Å². The molecule has 5 nitrogen and oxygen atoms in total. The summed E-state index contributed by atoms with van der Waals surface area (Å²) in [4.78, 5) is 4.15. The second kappa shape index (κ2) is 9.20. The van der Waals surface area contributed by atoms with Gasteiger partial charge in [0.15, 0.2) is 0 Å². The molecule has 2 heterocycles. The number of aryl methyl sites for hydroxylation is 2. The number of hydrogen-bond donors (Lipinski definition) is 0. The molecule has 3 aromatic carbocycles. The van der Waals surface area contributed by atoms with Crippen molar-refractivity contribution in [3.8, 4) is 0 Å². The van der Waals surface area contributed by atoms with E-state index in [0.717, 1.165) is 32.2 Å². The lowest BCUT2D eigenvalue weighted by atomic mass is 9.85. The van der Waals surface area contributed by atoms with Crippen LogP contribution < -0.4 is 0 Å². The minimum Gasteiger partial charge on any atom is -0.337 e. The molecule has 1 aliphatic heterocycles. The van der Waals surface area contributed by atoms with E-state index in [2.05, 4.69) is 64.1 Å². The zero-order valence-corrected chi connectivity index (χ0v) is 19.8. The second-order valence-electron chi connectivity index (χ2n) is 9.06. The topological polar surface area (TPSA) is 55.2 Å². The summed E-state index contributed by atoms with van der Waals surface area (Å²) in [5.74, 6) is 0.337. The zero-order chi connectivity index (χ0) is 22.8. The lowest BCUT2D eigenvalue weighted by Gasteiger charge is -2.29. The van der Waals surface area contributed by atoms with Crippen molar-refractivity contribution in [1.29, 1.82) is 0 Å². The molecule has 1 aliphatic rings. The van der Waals surface area contributed by atoms with Crippen LogP contribution in [-0.2, 0) is 23.0 Å². The highest BCUT2D eigenvalue weighted by molar-refractivity contribution is 7.88. The van der Waals surface area contributed by atoms with E-state index in [9.17, 15) is 8.42 Å². The molecule has 6 heteroatoms. The number of piperidine rings is 1. The van der Waals surface area contributed by atoms with Crippen molar-refractivity contribution in [2.24, 2.45) is 0 Å². The summed E-state index contributed by atoms with van der Waals surface area (Å²) in [6.45, 7) is 2.12. The Bertz CT molecular complexity index is 1380. The third kappa shape index (κ3) is 4.63. The van der Waals surface area contributed by atoms with E-state index in [-0.39, 0.29) is 0 Å². The zero-order valence-electron chi connectivity index (χ0n) is 19.0. The molecule has 4 aromatic rings. The first kappa shape index (κ1) is 22.0. The number of aromatic nitrogens is 2. The third-order valence-electron chi connectivity index (χ3n) is 6.90. The minimum atomic E-state index is -3.14. The van der Waals surface area contributed by atoms with E-state index in [1.54, 1.807) is 4.31 Å². The molecular formula is C27H30N3O2S+. The quantitative estimate of drug-likeness (QED) is 0.370. The lowest BCUT2D eigenvalue weighted by molar-refractivity contribution is 0.323. The van der Waals surface area contributed by atoms with Gasteiger partial charge < -0.3 is 4.57 Å². The van der Waals surface area contributed by atoms with Gasteiger partial charge in [0.1, 0.15) is 0 Å². The average Bonchev–Trinajstić information content (AvgIpc) is 3.28. The van der Waals surface area contributed by atoms with Crippen LogP contribution in [-0.4, -0.2) is 41.6 Å². The van der Waals surface area contributed by atoms with Crippen molar-refractivity contribution < 1.29 is 8.42 Å². The summed E-state index contributed by atoms with van der Waals surface area (Å²) in [6, 6.07) is 19.8. The molecule has 0 bridgehead atoms. The van der Waals surface area contributed by atoms with E-state index in [4.69, 9.17) is 0 Å². The molecule has 0 amide bonds. The molecule has 1 fully saturated rings. The number of rotatable bonds is 6. The summed E-state index contributed by atoms with van der Waals surface area (Å²) in [5.41, 5.74) is 2.73. The van der Waals surface area contributed by atoms with Gasteiger partial charge in [0.2, 0.25) is 10.0 Å². The summed E-state index contributed by atoms with van der Waals surface area (Å²) in [6.07, 6.45) is 10.8. The van der Waals surface area contributed by atoms with Crippen molar-refractivity contribution in [3.05, 3.63) is 84.4 Å². The fourth-order valence-corrected chi connectivity index (χ4v) is 6.14. The molecule has 0 aliphatic carbocycles. The molecule has 0 saturated carbocycles. The van der Waals surface area contributed by atoms with Crippen molar-refractivity contribution in [1.82, 2.24) is 13.9 Å². The van der Waals surface area contributed by atoms with Gasteiger partial charge in [-0.15, -0.1) is 0 Å². The molecule has 0 unspecified atom stereocenters. The van der Waals surface area contributed by atoms with Crippen LogP contribution in [0.4, 0.5) is 0 Å². The molecular weight excluding hydrogens is 430 g/mol. The Morgan fingerprint density at radius 2 is 1.82 bits per heavy atom. The van der Waals surface area contributed by atoms with Gasteiger partial charge >= 0.3 is 0 Å². The highest BCUT2D eigenvalue weighted by Crippen LogP contribution is 2.39. The predicted octanol–water partition coefficient (Wildman–Crippen LogP) is 5.24. The Morgan fingerprint density at radius 3 is 2.55 bits per heavy atom. The van der Waals surface area contributed by atoms with Crippen molar-refractivity contribution in [2.75, 3.05) is 19.3 Å². The first-order chi connectivity index (χ1) is 16.0. The molecule has 170 valence electrons. The van der Waals surface area contributed by atoms with E-state index >= 15 is 0 Å². The molecule has 1 saturated heterocycles. The highest BCUT2D eigenvalue weighted by atomic mass is 32.2. The Morgan fingerprint density at radius 1 is 1.06 bits per heavy atom. The maximum absolute atomic E-state index is 12.1. The Balaban J connectivity index is 1.59. The van der Waals surface area contributed by atoms with Crippen LogP contribution in [0.2, 0.25) is 0 Å². The van der Waals surface area contributed by atoms with E-state index in [0.29, 0.717) is 19.0 Å². The molecule has 0 spiro atoms. The Kier molecular flexibility index (Phi) is 6.13. The maximum atomic E-state index is 12.1. The van der Waals surface area contributed by atoms with Gasteiger partial charge in [0.25, 0.3) is 0 Å². The fraction of sp³-hybridized carbons (Fsp3) is 0.333. The van der Waals surface area contributed by atoms with Gasteiger partial charge in [0, 0.05) is 90.5 Å². The van der Waals surface area contributed by atoms with Crippen LogP contribution in [0.5, 0.6) is 0 Å². The van der Waals surface area contributed by atoms with Crippen LogP contribution in [0.15, 0.2) is 73.3 Å². The van der Waals surface area contributed by atoms with Crippen LogP contribution in [0.3, 0.4) is 0 Å². The average molecular weight is 461 g/mol. The van der Waals surface area contributed by atoms with Gasteiger partial charge in [-0.1, -0.05) is 12.1 Å². The first-order valence-electron chi connectivity index (χ1n) is 11.7. The van der Waals surface area contributed by atoms with Crippen molar-refractivity contribution in [2.45, 2.75) is 38.1 Å². The largest absolute Gasteiger partial charge is 0.337 e. The number of benzene rings is 2. The maximum Gasteiger partial charge on any atom is 0.211 e. The fourth-order valence-electron chi connectivity index (χ4n) is 5.27. The predicted molar refractivity (Wildman–Crippen MR) is 135 cm³/mol. The van der Waals surface area contributed by atoms with E-state index < -0.39 is 10.0 Å². The lowest BCUT2D eigenvalue weighted by Crippen LogP contribution is -2.37. The number of nitrogens with zero attached hydrogens (tertiary/aromatic N) is 3.